The Morgan fingerprint density at radius 3 is 1.34 bits per heavy atom. The van der Waals surface area contributed by atoms with Crippen molar-refractivity contribution < 1.29 is 123 Å². The van der Waals surface area contributed by atoms with Crippen LogP contribution in [0, 0.1) is 0 Å². The minimum Gasteiger partial charge on any atom is -0.810 e. The van der Waals surface area contributed by atoms with Gasteiger partial charge in [0.05, 0.1) is 0 Å². The third-order valence-electron chi connectivity index (χ3n) is 2.17. The van der Waals surface area contributed by atoms with Crippen molar-refractivity contribution >= 4 is 51.1 Å². The summed E-state index contributed by atoms with van der Waals surface area (Å²) in [5.74, 6) is -1.82. The maximum atomic E-state index is 10.9. The van der Waals surface area contributed by atoms with Gasteiger partial charge < -0.3 is 57.4 Å². The Morgan fingerprint density at radius 2 is 1.14 bits per heavy atom. The van der Waals surface area contributed by atoms with Crippen LogP contribution in [0.1, 0.15) is 0 Å². The maximum absolute atomic E-state index is 10.9. The number of hydrogen-bond donors (Lipinski definition) is 1. The standard InChI is InChI=1S/C6H8O9P2S.CH6O6P2.2Zr/c7-16(8,9)4-2-1-3-5(18(13,14)15)6(4)17(10,11)12;2-8(3,4)1-9(5,6)7;;/h1-3H,(H2,7,8,9)(H2,10,11,12)(H,13,14,15);1H2,(H2,2,3,4)(H2,5,6,7);;/q;;2*+4/p-8. The zero-order valence-electron chi connectivity index (χ0n) is 13.3. The maximum Gasteiger partial charge on any atom is 4.00 e. The van der Waals surface area contributed by atoms with E-state index in [1.807, 2.05) is 0 Å². The molecule has 0 aromatic heterocycles. The van der Waals surface area contributed by atoms with Crippen LogP contribution in [0.15, 0.2) is 23.1 Å². The third kappa shape index (κ3) is 14.3. The molecule has 0 saturated heterocycles. The third-order valence-corrected chi connectivity index (χ3v) is 8.16. The molecule has 15 nitrogen and oxygen atoms in total. The fraction of sp³-hybridized carbons (Fsp3) is 0.143. The molecule has 0 saturated carbocycles. The molecule has 0 aliphatic carbocycles. The zero-order valence-corrected chi connectivity index (χ0v) is 22.6. The van der Waals surface area contributed by atoms with Gasteiger partial charge in [-0.25, -0.2) is 0 Å². The smallest absolute Gasteiger partial charge is 0.810 e. The van der Waals surface area contributed by atoms with E-state index in [4.69, 9.17) is 4.55 Å². The van der Waals surface area contributed by atoms with Gasteiger partial charge in [0.2, 0.25) is 0 Å². The Kier molecular flexibility index (Phi) is 14.6. The molecule has 1 N–H and O–H groups in total. The van der Waals surface area contributed by atoms with Crippen LogP contribution in [0.25, 0.3) is 0 Å². The number of rotatable bonds is 5. The van der Waals surface area contributed by atoms with Crippen molar-refractivity contribution in [1.29, 1.82) is 0 Å². The average molecular weight is 669 g/mol. The second-order valence-corrected chi connectivity index (χ2v) is 12.3. The molecule has 22 heteroatoms. The molecule has 0 amide bonds. The van der Waals surface area contributed by atoms with Gasteiger partial charge >= 0.3 is 52.4 Å². The average Bonchev–Trinajstić information content (AvgIpc) is 2.30. The van der Waals surface area contributed by atoms with E-state index in [1.54, 1.807) is 0 Å². The summed E-state index contributed by atoms with van der Waals surface area (Å²) in [5.41, 5.74) is 0. The summed E-state index contributed by atoms with van der Waals surface area (Å²) in [6.45, 7) is 0. The molecule has 0 aliphatic rings. The van der Waals surface area contributed by atoms with Crippen LogP contribution in [-0.4, -0.2) is 18.9 Å². The second kappa shape index (κ2) is 12.1. The predicted molar refractivity (Wildman–Crippen MR) is 70.8 cm³/mol. The predicted octanol–water partition coefficient (Wildman–Crippen LogP) is -7.22. The molecule has 0 spiro atoms. The van der Waals surface area contributed by atoms with Crippen LogP contribution in [0.2, 0.25) is 0 Å². The summed E-state index contributed by atoms with van der Waals surface area (Å²) >= 11 is 0. The summed E-state index contributed by atoms with van der Waals surface area (Å²) in [6, 6.07) is 1.67. The first-order valence-electron chi connectivity index (χ1n) is 5.73. The van der Waals surface area contributed by atoms with E-state index in [0.717, 1.165) is 0 Å². The van der Waals surface area contributed by atoms with E-state index >= 15 is 0 Å². The fourth-order valence-electron chi connectivity index (χ4n) is 1.43. The van der Waals surface area contributed by atoms with Crippen molar-refractivity contribution in [1.82, 2.24) is 0 Å². The van der Waals surface area contributed by atoms with Crippen LogP contribution < -0.4 is 49.8 Å². The monoisotopic (exact) mass is 666 g/mol. The van der Waals surface area contributed by atoms with Crippen LogP contribution in [0.4, 0.5) is 0 Å². The van der Waals surface area contributed by atoms with Crippen LogP contribution in [0.5, 0.6) is 0 Å². The largest absolute Gasteiger partial charge is 4.00 e. The van der Waals surface area contributed by atoms with Crippen molar-refractivity contribution in [3.05, 3.63) is 18.2 Å². The van der Waals surface area contributed by atoms with E-state index in [1.165, 1.54) is 0 Å². The molecule has 1 aromatic rings. The van der Waals surface area contributed by atoms with Gasteiger partial charge in [0.1, 0.15) is 4.90 Å². The summed E-state index contributed by atoms with van der Waals surface area (Å²) in [4.78, 5) is 80.0. The fourth-order valence-corrected chi connectivity index (χ4v) is 6.57. The molecular formula is C7H6O15P4SZr2. The van der Waals surface area contributed by atoms with Gasteiger partial charge in [-0.2, -0.15) is 8.42 Å². The SMILES string of the molecule is O=P([O-])([O-])CP(=O)([O-])[O-].O=P([O-])([O-])c1cccc(S(=O)(=O)O)c1P(=O)([O-])[O-].[Zr+4].[Zr+4]. The van der Waals surface area contributed by atoms with Crippen molar-refractivity contribution in [3.63, 3.8) is 0 Å². The Hall–Kier alpha value is 1.50. The molecular weight excluding hydrogens is 662 g/mol. The Labute approximate surface area is 201 Å². The van der Waals surface area contributed by atoms with E-state index in [2.05, 4.69) is 0 Å². The van der Waals surface area contributed by atoms with E-state index < -0.39 is 61.9 Å². The van der Waals surface area contributed by atoms with E-state index in [-0.39, 0.29) is 52.4 Å². The molecule has 0 atom stereocenters. The normalized spacial score (nSPS) is 12.7. The zero-order chi connectivity index (χ0) is 22.1. The first-order chi connectivity index (χ1) is 11.6. The summed E-state index contributed by atoms with van der Waals surface area (Å²) in [6.07, 6.45) is 0. The first kappa shape index (κ1) is 35.1. The van der Waals surface area contributed by atoms with E-state index in [0.29, 0.717) is 18.2 Å². The van der Waals surface area contributed by atoms with Crippen molar-refractivity contribution in [3.8, 4) is 0 Å². The minimum absolute atomic E-state index is 0. The molecule has 0 aliphatic heterocycles. The molecule has 1 rings (SSSR count). The topological polar surface area (TPSA) is 307 Å². The van der Waals surface area contributed by atoms with Gasteiger partial charge in [0.25, 0.3) is 10.1 Å². The van der Waals surface area contributed by atoms with Gasteiger partial charge in [-0.15, -0.1) is 0 Å². The number of benzene rings is 1. The van der Waals surface area contributed by atoms with Crippen LogP contribution >= 0.6 is 30.4 Å². The number of hydrogen-bond acceptors (Lipinski definition) is 14. The molecule has 0 bridgehead atoms. The molecule has 0 heterocycles. The Bertz CT molecular complexity index is 964. The van der Waals surface area contributed by atoms with Gasteiger partial charge in [0.15, 0.2) is 0 Å². The summed E-state index contributed by atoms with van der Waals surface area (Å²) in [7, 11) is -27.1. The van der Waals surface area contributed by atoms with Gasteiger partial charge in [-0.3, -0.25) is 4.55 Å². The second-order valence-electron chi connectivity index (χ2n) is 4.46. The van der Waals surface area contributed by atoms with Crippen LogP contribution in [-0.2, 0) is 80.8 Å². The quantitative estimate of drug-likeness (QED) is 0.225. The van der Waals surface area contributed by atoms with Crippen molar-refractivity contribution in [2.24, 2.45) is 0 Å². The Morgan fingerprint density at radius 1 is 0.759 bits per heavy atom. The van der Waals surface area contributed by atoms with Gasteiger partial charge in [-0.05, 0) is 26.6 Å². The van der Waals surface area contributed by atoms with Gasteiger partial charge in [-0.1, -0.05) is 27.3 Å². The minimum atomic E-state index is -5.90. The molecule has 1 aromatic carbocycles. The molecule has 0 fully saturated rings. The Balaban J connectivity index is -0.000000529. The summed E-state index contributed by atoms with van der Waals surface area (Å²) < 4.78 is 71.1. The molecule has 29 heavy (non-hydrogen) atoms. The molecule has 158 valence electrons. The van der Waals surface area contributed by atoms with Crippen molar-refractivity contribution in [2.45, 2.75) is 4.90 Å². The molecule has 0 radical (unpaired) electrons. The van der Waals surface area contributed by atoms with E-state index in [9.17, 15) is 65.8 Å². The summed E-state index contributed by atoms with van der Waals surface area (Å²) in [5, 5.41) is -3.24. The van der Waals surface area contributed by atoms with Crippen LogP contribution in [0.3, 0.4) is 0 Å². The van der Waals surface area contributed by atoms with Gasteiger partial charge in [0, 0.05) is 11.2 Å². The molecule has 0 unspecified atom stereocenters. The first-order valence-corrected chi connectivity index (χ1v) is 13.7. The van der Waals surface area contributed by atoms with Crippen molar-refractivity contribution in [2.75, 3.05) is 5.90 Å².